The number of hydrogen-bond acceptors (Lipinski definition) is 5. The molecular weight excluding hydrogens is 478 g/mol. The minimum atomic E-state index is -4.09. The highest BCUT2D eigenvalue weighted by Gasteiger charge is 2.33. The van der Waals surface area contributed by atoms with Gasteiger partial charge >= 0.3 is 0 Å². The van der Waals surface area contributed by atoms with Crippen molar-refractivity contribution in [3.63, 3.8) is 0 Å². The number of anilines is 1. The summed E-state index contributed by atoms with van der Waals surface area (Å²) >= 11 is 0. The Bertz CT molecular complexity index is 1250. The molecule has 1 N–H and O–H groups in total. The largest absolute Gasteiger partial charge is 0.497 e. The number of amides is 2. The van der Waals surface area contributed by atoms with Crippen LogP contribution in [0.25, 0.3) is 0 Å². The lowest BCUT2D eigenvalue weighted by molar-refractivity contribution is -0.140. The second-order valence-electron chi connectivity index (χ2n) is 8.07. The van der Waals surface area contributed by atoms with Crippen LogP contribution in [-0.2, 0) is 26.2 Å². The Kier molecular flexibility index (Phi) is 9.08. The van der Waals surface area contributed by atoms with Gasteiger partial charge in [-0.15, -0.1) is 0 Å². The van der Waals surface area contributed by atoms with Crippen LogP contribution in [0, 0.1) is 0 Å². The number of carbonyl (C=O) groups is 2. The Balaban J connectivity index is 2.04. The highest BCUT2D eigenvalue weighted by molar-refractivity contribution is 7.92. The zero-order valence-corrected chi connectivity index (χ0v) is 21.4. The number of rotatable bonds is 11. The summed E-state index contributed by atoms with van der Waals surface area (Å²) in [6, 6.07) is 22.9. The standard InChI is InChI=1S/C27H31N3O5S/c1-4-25(27(32)28-2)29(19-21-11-7-5-8-12-21)26(31)20-30(22-15-17-23(35-3)18-16-22)36(33,34)24-13-9-6-10-14-24/h5-18,25H,4,19-20H2,1-3H3,(H,28,32)/t25-/m0/s1. The molecule has 0 radical (unpaired) electrons. The number of likely N-dealkylation sites (N-methyl/N-ethyl adjacent to an activating group) is 1. The van der Waals surface area contributed by atoms with E-state index in [9.17, 15) is 18.0 Å². The van der Waals surface area contributed by atoms with E-state index in [1.165, 1.54) is 31.2 Å². The second kappa shape index (κ2) is 12.2. The molecule has 0 aromatic heterocycles. The van der Waals surface area contributed by atoms with E-state index < -0.39 is 28.5 Å². The molecule has 0 aliphatic rings. The summed E-state index contributed by atoms with van der Waals surface area (Å²) in [5, 5.41) is 2.61. The summed E-state index contributed by atoms with van der Waals surface area (Å²) in [5.41, 5.74) is 1.13. The molecule has 190 valence electrons. The second-order valence-corrected chi connectivity index (χ2v) is 9.93. The van der Waals surface area contributed by atoms with Gasteiger partial charge < -0.3 is 15.0 Å². The molecule has 9 heteroatoms. The molecule has 3 aromatic carbocycles. The van der Waals surface area contributed by atoms with E-state index in [4.69, 9.17) is 4.74 Å². The molecule has 0 heterocycles. The van der Waals surface area contributed by atoms with Crippen LogP contribution in [0.5, 0.6) is 5.75 Å². The minimum absolute atomic E-state index is 0.0570. The molecule has 0 spiro atoms. The Morgan fingerprint density at radius 3 is 2.03 bits per heavy atom. The number of methoxy groups -OCH3 is 1. The fraction of sp³-hybridized carbons (Fsp3) is 0.259. The van der Waals surface area contributed by atoms with E-state index in [2.05, 4.69) is 5.32 Å². The van der Waals surface area contributed by atoms with Gasteiger partial charge in [-0.2, -0.15) is 0 Å². The average molecular weight is 510 g/mol. The molecule has 1 atom stereocenters. The first-order valence-corrected chi connectivity index (χ1v) is 13.0. The Hall–Kier alpha value is -3.85. The van der Waals surface area contributed by atoms with Crippen molar-refractivity contribution in [2.45, 2.75) is 30.8 Å². The van der Waals surface area contributed by atoms with Gasteiger partial charge in [0, 0.05) is 13.6 Å². The molecule has 0 aliphatic heterocycles. The lowest BCUT2D eigenvalue weighted by atomic mass is 10.1. The van der Waals surface area contributed by atoms with E-state index in [1.54, 1.807) is 42.5 Å². The van der Waals surface area contributed by atoms with Gasteiger partial charge in [-0.05, 0) is 48.4 Å². The molecule has 0 saturated heterocycles. The summed E-state index contributed by atoms with van der Waals surface area (Å²) in [5.74, 6) is -0.258. The average Bonchev–Trinajstić information content (AvgIpc) is 2.92. The number of benzene rings is 3. The van der Waals surface area contributed by atoms with E-state index in [-0.39, 0.29) is 17.3 Å². The van der Waals surface area contributed by atoms with Gasteiger partial charge in [0.05, 0.1) is 17.7 Å². The Morgan fingerprint density at radius 2 is 1.50 bits per heavy atom. The number of carbonyl (C=O) groups excluding carboxylic acids is 2. The molecule has 0 aliphatic carbocycles. The summed E-state index contributed by atoms with van der Waals surface area (Å²) in [6.07, 6.45) is 0.367. The van der Waals surface area contributed by atoms with E-state index >= 15 is 0 Å². The van der Waals surface area contributed by atoms with Crippen LogP contribution in [0.2, 0.25) is 0 Å². The lowest BCUT2D eigenvalue weighted by Gasteiger charge is -2.33. The van der Waals surface area contributed by atoms with Crippen LogP contribution in [0.3, 0.4) is 0 Å². The number of sulfonamides is 1. The van der Waals surface area contributed by atoms with Gasteiger partial charge in [-0.25, -0.2) is 8.42 Å². The van der Waals surface area contributed by atoms with Gasteiger partial charge in [0.15, 0.2) is 0 Å². The van der Waals surface area contributed by atoms with Crippen molar-refractivity contribution in [1.82, 2.24) is 10.2 Å². The molecule has 0 fully saturated rings. The highest BCUT2D eigenvalue weighted by Crippen LogP contribution is 2.26. The van der Waals surface area contributed by atoms with Gasteiger partial charge in [-0.3, -0.25) is 13.9 Å². The number of nitrogens with zero attached hydrogens (tertiary/aromatic N) is 2. The molecular formula is C27H31N3O5S. The normalized spacial score (nSPS) is 11.9. The molecule has 3 rings (SSSR count). The smallest absolute Gasteiger partial charge is 0.264 e. The topological polar surface area (TPSA) is 96.0 Å². The van der Waals surface area contributed by atoms with Crippen LogP contribution in [-0.4, -0.2) is 51.9 Å². The van der Waals surface area contributed by atoms with Gasteiger partial charge in [0.2, 0.25) is 11.8 Å². The first kappa shape index (κ1) is 26.7. The number of nitrogens with one attached hydrogen (secondary N) is 1. The third-order valence-electron chi connectivity index (χ3n) is 5.80. The monoisotopic (exact) mass is 509 g/mol. The first-order valence-electron chi connectivity index (χ1n) is 11.6. The number of hydrogen-bond donors (Lipinski definition) is 1. The molecule has 2 amide bonds. The van der Waals surface area contributed by atoms with E-state index in [1.807, 2.05) is 37.3 Å². The maximum Gasteiger partial charge on any atom is 0.264 e. The maximum atomic E-state index is 13.8. The molecule has 3 aromatic rings. The Morgan fingerprint density at radius 1 is 0.917 bits per heavy atom. The predicted octanol–water partition coefficient (Wildman–Crippen LogP) is 3.44. The van der Waals surface area contributed by atoms with Crippen molar-refractivity contribution in [2.75, 3.05) is 25.0 Å². The van der Waals surface area contributed by atoms with Crippen LogP contribution in [0.4, 0.5) is 5.69 Å². The van der Waals surface area contributed by atoms with E-state index in [0.29, 0.717) is 17.9 Å². The van der Waals surface area contributed by atoms with E-state index in [0.717, 1.165) is 9.87 Å². The quantitative estimate of drug-likeness (QED) is 0.427. The SMILES string of the molecule is CC[C@@H](C(=O)NC)N(Cc1ccccc1)C(=O)CN(c1ccc(OC)cc1)S(=O)(=O)c1ccccc1. The lowest BCUT2D eigenvalue weighted by Crippen LogP contribution is -2.51. The zero-order valence-electron chi connectivity index (χ0n) is 20.6. The molecule has 0 saturated carbocycles. The fourth-order valence-corrected chi connectivity index (χ4v) is 5.30. The third-order valence-corrected chi connectivity index (χ3v) is 7.59. The van der Waals surface area contributed by atoms with Crippen LogP contribution < -0.4 is 14.4 Å². The zero-order chi connectivity index (χ0) is 26.1. The van der Waals surface area contributed by atoms with Gasteiger partial charge in [0.25, 0.3) is 10.0 Å². The summed E-state index contributed by atoms with van der Waals surface area (Å²) in [6.45, 7) is 1.49. The minimum Gasteiger partial charge on any atom is -0.497 e. The third kappa shape index (κ3) is 6.23. The summed E-state index contributed by atoms with van der Waals surface area (Å²) in [4.78, 5) is 27.9. The van der Waals surface area contributed by atoms with Crippen molar-refractivity contribution >= 4 is 27.5 Å². The summed E-state index contributed by atoms with van der Waals surface area (Å²) in [7, 11) is -1.06. The maximum absolute atomic E-state index is 13.8. The predicted molar refractivity (Wildman–Crippen MR) is 139 cm³/mol. The van der Waals surface area contributed by atoms with Crippen LogP contribution >= 0.6 is 0 Å². The van der Waals surface area contributed by atoms with Crippen molar-refractivity contribution in [3.05, 3.63) is 90.5 Å². The molecule has 36 heavy (non-hydrogen) atoms. The van der Waals surface area contributed by atoms with Crippen molar-refractivity contribution in [3.8, 4) is 5.75 Å². The fourth-order valence-electron chi connectivity index (χ4n) is 3.86. The molecule has 0 unspecified atom stereocenters. The van der Waals surface area contributed by atoms with Gasteiger partial charge in [-0.1, -0.05) is 55.5 Å². The van der Waals surface area contributed by atoms with Crippen LogP contribution in [0.15, 0.2) is 89.8 Å². The van der Waals surface area contributed by atoms with Crippen molar-refractivity contribution in [1.29, 1.82) is 0 Å². The highest BCUT2D eigenvalue weighted by atomic mass is 32.2. The molecule has 0 bridgehead atoms. The van der Waals surface area contributed by atoms with Gasteiger partial charge in [0.1, 0.15) is 18.3 Å². The molecule has 8 nitrogen and oxygen atoms in total. The Labute approximate surface area is 212 Å². The number of ether oxygens (including phenoxy) is 1. The van der Waals surface area contributed by atoms with Crippen molar-refractivity contribution in [2.24, 2.45) is 0 Å². The first-order chi connectivity index (χ1) is 17.3. The summed E-state index contributed by atoms with van der Waals surface area (Å²) < 4.78 is 33.6. The van der Waals surface area contributed by atoms with Crippen LogP contribution in [0.1, 0.15) is 18.9 Å². The van der Waals surface area contributed by atoms with Crippen molar-refractivity contribution < 1.29 is 22.7 Å².